The van der Waals surface area contributed by atoms with Gasteiger partial charge in [-0.3, -0.25) is 0 Å². The standard InChI is InChI=1S/C50H32O/c1-30-36-14-4-5-16-39(36)44-28-33(21-24-37(30)44)32-12-10-13-34(27-32)48-40-17-6-8-19-42(40)49(43-20-9-7-18-41(43)48)35-23-25-46-45(29-35)50-38-15-3-2-11-31(38)22-26-47(50)51-46/h2-30H,1H3/i1D3,2D,3D,4D,5D,6D,7D,8D,9D,10D,11D,12D,13D,14D,15D,16D,17D,18D,19D,20D,21D,22D,23D,24D,25D,26D,27D,29D,30D. The van der Waals surface area contributed by atoms with Gasteiger partial charge in [-0.2, -0.15) is 0 Å². The van der Waals surface area contributed by atoms with Crippen LogP contribution in [0.3, 0.4) is 0 Å². The Labute approximate surface area is 339 Å². The monoisotopic (exact) mass is 679 g/mol. The van der Waals surface area contributed by atoms with Crippen LogP contribution >= 0.6 is 0 Å². The fraction of sp³-hybridized carbons (Fsp3) is 0.0400. The predicted octanol–water partition coefficient (Wildman–Crippen LogP) is 14.2. The van der Waals surface area contributed by atoms with Crippen LogP contribution in [0.5, 0.6) is 0 Å². The van der Waals surface area contributed by atoms with Gasteiger partial charge in [-0.25, -0.2) is 0 Å². The molecule has 0 radical (unpaired) electrons. The zero-order valence-electron chi connectivity index (χ0n) is 56.5. The first-order valence-corrected chi connectivity index (χ1v) is 15.2. The van der Waals surface area contributed by atoms with Gasteiger partial charge in [0, 0.05) is 22.1 Å². The molecule has 1 atom stereocenters. The lowest BCUT2D eigenvalue weighted by atomic mass is 9.85. The maximum absolute atomic E-state index is 9.96. The second-order valence-electron chi connectivity index (χ2n) is 11.5. The van der Waals surface area contributed by atoms with Gasteiger partial charge in [0.05, 0.1) is 37.0 Å². The van der Waals surface area contributed by atoms with E-state index in [2.05, 4.69) is 0 Å². The molecular formula is C50H32O. The van der Waals surface area contributed by atoms with E-state index < -0.39 is 286 Å². The zero-order chi connectivity index (χ0) is 60.5. The van der Waals surface area contributed by atoms with E-state index in [9.17, 15) is 19.2 Å². The highest BCUT2D eigenvalue weighted by Crippen LogP contribution is 2.48. The highest BCUT2D eigenvalue weighted by Gasteiger charge is 2.25. The van der Waals surface area contributed by atoms with Crippen LogP contribution in [-0.2, 0) is 0 Å². The van der Waals surface area contributed by atoms with E-state index in [-0.39, 0.29) is 0 Å². The molecule has 1 aliphatic carbocycles. The SMILES string of the molecule is [2H]c1c(-c2c([2H])c([2H])c([2H])c(-c3c4c([2H])c([2H])c([2H])c([2H])c4c(-c4c([2H])c([2H])c5oc6c([2H])c([2H])c7c([2H])c([2H])c([2H])c([2H])c7c6c5c4[2H])c4c([2H])c([2H])c([2H])c([2H])c34)c2[2H])cc2c(c1[2H])C([2H])(C([2H])([2H])[2H])c1c([2H])c([2H])c([2H])c([2H])c1-2. The van der Waals surface area contributed by atoms with E-state index in [0.29, 0.717) is 0 Å². The van der Waals surface area contributed by atoms with Gasteiger partial charge in [-0.05, 0) is 118 Å². The Kier molecular flexibility index (Phi) is 2.44. The average molecular weight is 680 g/mol. The van der Waals surface area contributed by atoms with Crippen molar-refractivity contribution in [3.63, 3.8) is 0 Å². The summed E-state index contributed by atoms with van der Waals surface area (Å²) in [6.07, 6.45) is 0. The van der Waals surface area contributed by atoms with Crippen molar-refractivity contribution >= 4 is 54.3 Å². The summed E-state index contributed by atoms with van der Waals surface area (Å²) in [5.41, 5.74) is -8.69. The van der Waals surface area contributed by atoms with Crippen LogP contribution in [0.2, 0.25) is 0 Å². The summed E-state index contributed by atoms with van der Waals surface area (Å²) < 4.78 is 287. The summed E-state index contributed by atoms with van der Waals surface area (Å²) >= 11 is 0. The van der Waals surface area contributed by atoms with E-state index in [0.717, 1.165) is 6.07 Å². The Morgan fingerprint density at radius 1 is 0.471 bits per heavy atom. The maximum Gasteiger partial charge on any atom is 0.136 e. The molecule has 0 saturated carbocycles. The lowest BCUT2D eigenvalue weighted by molar-refractivity contribution is 0.669. The van der Waals surface area contributed by atoms with Crippen LogP contribution in [0.4, 0.5) is 0 Å². The highest BCUT2D eigenvalue weighted by molar-refractivity contribution is 6.23. The molecule has 238 valence electrons. The molecule has 0 N–H and O–H groups in total. The molecule has 1 nitrogen and oxygen atoms in total. The minimum Gasteiger partial charge on any atom is -0.456 e. The molecular weight excluding hydrogens is 617 g/mol. The smallest absolute Gasteiger partial charge is 0.136 e. The molecule has 0 saturated heterocycles. The number of benzene rings is 9. The van der Waals surface area contributed by atoms with Crippen molar-refractivity contribution in [1.82, 2.24) is 0 Å². The Hall–Kier alpha value is -6.44. The van der Waals surface area contributed by atoms with Gasteiger partial charge in [0.2, 0.25) is 0 Å². The largest absolute Gasteiger partial charge is 0.456 e. The Morgan fingerprint density at radius 2 is 1.08 bits per heavy atom. The van der Waals surface area contributed by atoms with Crippen molar-refractivity contribution in [1.29, 1.82) is 0 Å². The molecule has 1 unspecified atom stereocenters. The molecule has 11 rings (SSSR count). The first-order chi connectivity index (χ1) is 38.0. The molecule has 10 aromatic rings. The fourth-order valence-corrected chi connectivity index (χ4v) is 6.61. The van der Waals surface area contributed by atoms with E-state index in [1.165, 1.54) is 0 Å². The first kappa shape index (κ1) is 11.5. The van der Waals surface area contributed by atoms with Gasteiger partial charge in [0.15, 0.2) is 0 Å². The van der Waals surface area contributed by atoms with Gasteiger partial charge in [-0.15, -0.1) is 0 Å². The number of hydrogen-bond acceptors (Lipinski definition) is 1. The molecule has 0 spiro atoms. The van der Waals surface area contributed by atoms with Crippen LogP contribution in [0.15, 0.2) is 174 Å². The van der Waals surface area contributed by atoms with Crippen LogP contribution < -0.4 is 0 Å². The predicted molar refractivity (Wildman–Crippen MR) is 215 cm³/mol. The van der Waals surface area contributed by atoms with Gasteiger partial charge < -0.3 is 4.42 Å². The van der Waals surface area contributed by atoms with Crippen LogP contribution in [-0.4, -0.2) is 0 Å². The van der Waals surface area contributed by atoms with Gasteiger partial charge in [-0.1, -0.05) is 146 Å². The van der Waals surface area contributed by atoms with E-state index >= 15 is 0 Å². The van der Waals surface area contributed by atoms with Gasteiger partial charge >= 0.3 is 0 Å². The number of rotatable bonds is 3. The van der Waals surface area contributed by atoms with E-state index in [1.54, 1.807) is 0 Å². The Bertz CT molecular complexity index is 4690. The second-order valence-corrected chi connectivity index (χ2v) is 11.5. The van der Waals surface area contributed by atoms with Crippen LogP contribution in [0.1, 0.15) is 66.4 Å². The normalized spacial score (nSPS) is 24.0. The fourth-order valence-electron chi connectivity index (χ4n) is 6.61. The molecule has 0 aliphatic heterocycles. The number of fused-ring (bicyclic) bond motifs is 10. The average Bonchev–Trinajstić information content (AvgIpc) is 1.60. The quantitative estimate of drug-likeness (QED) is 0.169. The van der Waals surface area contributed by atoms with Crippen molar-refractivity contribution in [3.8, 4) is 44.5 Å². The van der Waals surface area contributed by atoms with Gasteiger partial charge in [0.1, 0.15) is 11.2 Å². The third kappa shape index (κ3) is 4.16. The Morgan fingerprint density at radius 3 is 1.84 bits per heavy atom. The molecule has 1 aromatic heterocycles. The number of furan rings is 1. The van der Waals surface area contributed by atoms with E-state index in [4.69, 9.17) is 27.7 Å². The molecule has 0 amide bonds. The summed E-state index contributed by atoms with van der Waals surface area (Å²) in [5.74, 6) is -3.12. The minimum absolute atomic E-state index is 0.428. The summed E-state index contributed by atoms with van der Waals surface area (Å²) in [4.78, 5) is 0. The molecule has 0 fully saturated rings. The van der Waals surface area contributed by atoms with Crippen LogP contribution in [0.25, 0.3) is 98.8 Å². The van der Waals surface area contributed by atoms with Crippen LogP contribution in [0, 0.1) is 0 Å². The summed E-state index contributed by atoms with van der Waals surface area (Å²) in [6, 6.07) is -25.0. The third-order valence-corrected chi connectivity index (χ3v) is 8.80. The summed E-state index contributed by atoms with van der Waals surface area (Å²) in [5, 5.41) is -5.11. The minimum atomic E-state index is -3.48. The second kappa shape index (κ2) is 10.8. The molecule has 1 heterocycles. The third-order valence-electron chi connectivity index (χ3n) is 8.80. The lowest BCUT2D eigenvalue weighted by Gasteiger charge is -2.18. The molecule has 51 heavy (non-hydrogen) atoms. The summed E-state index contributed by atoms with van der Waals surface area (Å²) in [6.45, 7) is -3.48. The van der Waals surface area contributed by atoms with Gasteiger partial charge in [0.25, 0.3) is 0 Å². The van der Waals surface area contributed by atoms with E-state index in [1.807, 2.05) is 0 Å². The number of hydrogen-bond donors (Lipinski definition) is 0. The van der Waals surface area contributed by atoms with Crippen molar-refractivity contribution in [3.05, 3.63) is 180 Å². The zero-order valence-corrected chi connectivity index (χ0v) is 25.5. The lowest BCUT2D eigenvalue weighted by Crippen LogP contribution is -1.91. The molecule has 1 heteroatoms. The van der Waals surface area contributed by atoms with Crippen molar-refractivity contribution < 1.29 is 46.9 Å². The highest BCUT2D eigenvalue weighted by atomic mass is 16.3. The molecule has 0 bridgehead atoms. The maximum atomic E-state index is 9.96. The molecule has 9 aromatic carbocycles. The van der Waals surface area contributed by atoms with Crippen molar-refractivity contribution in [2.24, 2.45) is 0 Å². The summed E-state index contributed by atoms with van der Waals surface area (Å²) in [7, 11) is 0. The molecule has 1 aliphatic rings. The Balaban J connectivity index is 1.37. The van der Waals surface area contributed by atoms with Crippen molar-refractivity contribution in [2.45, 2.75) is 12.7 Å². The van der Waals surface area contributed by atoms with Crippen molar-refractivity contribution in [2.75, 3.05) is 0 Å². The topological polar surface area (TPSA) is 13.1 Å². The first-order valence-electron chi connectivity index (χ1n) is 30.7.